The van der Waals surface area contributed by atoms with E-state index in [0.717, 1.165) is 18.0 Å². The van der Waals surface area contributed by atoms with Gasteiger partial charge in [-0.3, -0.25) is 9.29 Å². The summed E-state index contributed by atoms with van der Waals surface area (Å²) in [5, 5.41) is 3.14. The third-order valence-corrected chi connectivity index (χ3v) is 5.95. The van der Waals surface area contributed by atoms with Crippen LogP contribution in [0, 0.1) is 12.7 Å². The van der Waals surface area contributed by atoms with Gasteiger partial charge in [0.25, 0.3) is 10.0 Å². The lowest BCUT2D eigenvalue weighted by Crippen LogP contribution is -2.14. The first kappa shape index (κ1) is 21.2. The summed E-state index contributed by atoms with van der Waals surface area (Å²) in [5.41, 5.74) is 0.988. The molecule has 0 aliphatic heterocycles. The summed E-state index contributed by atoms with van der Waals surface area (Å²) in [4.78, 5) is 12.3. The van der Waals surface area contributed by atoms with Crippen molar-refractivity contribution in [3.05, 3.63) is 78.9 Å². The maximum Gasteiger partial charge on any atom is 0.265 e. The van der Waals surface area contributed by atoms with Crippen LogP contribution in [-0.2, 0) is 10.0 Å². The highest BCUT2D eigenvalue weighted by Gasteiger charge is 2.20. The summed E-state index contributed by atoms with van der Waals surface area (Å²) in [6.45, 7) is 1.87. The van der Waals surface area contributed by atoms with Crippen LogP contribution in [0.2, 0.25) is 0 Å². The second kappa shape index (κ2) is 8.63. The van der Waals surface area contributed by atoms with Crippen molar-refractivity contribution in [2.45, 2.75) is 11.8 Å². The van der Waals surface area contributed by atoms with Crippen LogP contribution in [0.3, 0.4) is 0 Å². The number of aryl methyl sites for hydroxylation is 1. The van der Waals surface area contributed by atoms with Gasteiger partial charge in [-0.25, -0.2) is 27.8 Å². The molecule has 0 bridgehead atoms. The van der Waals surface area contributed by atoms with Gasteiger partial charge >= 0.3 is 0 Å². The van der Waals surface area contributed by atoms with Crippen molar-refractivity contribution in [2.24, 2.45) is 0 Å². The van der Waals surface area contributed by atoms with Crippen molar-refractivity contribution in [2.75, 3.05) is 17.1 Å². The molecular formula is C21H19FN6O3S. The fourth-order valence-electron chi connectivity index (χ4n) is 3.01. The highest BCUT2D eigenvalue weighted by Crippen LogP contribution is 2.27. The molecule has 0 fully saturated rings. The van der Waals surface area contributed by atoms with Crippen molar-refractivity contribution < 1.29 is 17.5 Å². The van der Waals surface area contributed by atoms with E-state index in [0.29, 0.717) is 23.0 Å². The summed E-state index contributed by atoms with van der Waals surface area (Å²) in [5.74, 6) is 1.37. The van der Waals surface area contributed by atoms with Gasteiger partial charge in [0.15, 0.2) is 0 Å². The topological polar surface area (TPSA) is 111 Å². The summed E-state index contributed by atoms with van der Waals surface area (Å²) in [7, 11) is -2.73. The molecule has 2 aromatic carbocycles. The number of benzene rings is 2. The summed E-state index contributed by atoms with van der Waals surface area (Å²) in [6.07, 6.45) is 4.92. The molecule has 2 heterocycles. The van der Waals surface area contributed by atoms with E-state index in [1.165, 1.54) is 19.5 Å². The number of methoxy groups -OCH3 is 1. The van der Waals surface area contributed by atoms with Crippen LogP contribution in [0.25, 0.3) is 5.82 Å². The Morgan fingerprint density at radius 1 is 1.00 bits per heavy atom. The molecule has 0 amide bonds. The van der Waals surface area contributed by atoms with Crippen LogP contribution >= 0.6 is 0 Å². The highest BCUT2D eigenvalue weighted by molar-refractivity contribution is 7.92. The number of sulfonamides is 1. The molecule has 32 heavy (non-hydrogen) atoms. The third-order valence-electron chi connectivity index (χ3n) is 4.55. The minimum Gasteiger partial charge on any atom is -0.495 e. The minimum atomic E-state index is -4.05. The molecule has 0 radical (unpaired) electrons. The molecule has 0 saturated heterocycles. The average Bonchev–Trinajstić information content (AvgIpc) is 3.21. The van der Waals surface area contributed by atoms with Gasteiger partial charge < -0.3 is 10.1 Å². The fourth-order valence-corrected chi connectivity index (χ4v) is 4.25. The number of nitrogens with one attached hydrogen (secondary N) is 2. The molecule has 4 rings (SSSR count). The largest absolute Gasteiger partial charge is 0.495 e. The molecule has 0 spiro atoms. The van der Waals surface area contributed by atoms with Crippen LogP contribution in [0.15, 0.2) is 72.1 Å². The minimum absolute atomic E-state index is 0.0462. The van der Waals surface area contributed by atoms with Gasteiger partial charge in [0.05, 0.1) is 7.11 Å². The highest BCUT2D eigenvalue weighted by atomic mass is 32.2. The lowest BCUT2D eigenvalue weighted by atomic mass is 10.3. The summed E-state index contributed by atoms with van der Waals surface area (Å²) < 4.78 is 48.2. The fraction of sp³-hybridized carbons (Fsp3) is 0.0952. The van der Waals surface area contributed by atoms with E-state index in [1.807, 2.05) is 11.5 Å². The predicted molar refractivity (Wildman–Crippen MR) is 117 cm³/mol. The van der Waals surface area contributed by atoms with E-state index in [-0.39, 0.29) is 10.6 Å². The molecule has 9 nitrogen and oxygen atoms in total. The van der Waals surface area contributed by atoms with Crippen molar-refractivity contribution >= 4 is 27.2 Å². The SMILES string of the molecule is COc1ccc(F)cc1S(=O)(=O)Nc1ccc(Nc2cc(-n3ccnc3C)ncn2)cc1. The third kappa shape index (κ3) is 4.52. The van der Waals surface area contributed by atoms with E-state index in [9.17, 15) is 12.8 Å². The molecule has 0 saturated carbocycles. The molecule has 4 aromatic rings. The van der Waals surface area contributed by atoms with Crippen LogP contribution in [0.1, 0.15) is 5.82 Å². The molecule has 11 heteroatoms. The zero-order valence-corrected chi connectivity index (χ0v) is 18.0. The monoisotopic (exact) mass is 454 g/mol. The smallest absolute Gasteiger partial charge is 0.265 e. The van der Waals surface area contributed by atoms with E-state index in [4.69, 9.17) is 4.74 Å². The number of imidazole rings is 1. The molecule has 0 aliphatic carbocycles. The van der Waals surface area contributed by atoms with Gasteiger partial charge in [-0.1, -0.05) is 0 Å². The maximum atomic E-state index is 13.6. The first-order valence-electron chi connectivity index (χ1n) is 9.41. The Bertz CT molecular complexity index is 1360. The Labute approximate surface area is 184 Å². The van der Waals surface area contributed by atoms with Crippen LogP contribution in [0.5, 0.6) is 5.75 Å². The standard InChI is InChI=1S/C21H19FN6O3S/c1-14-23-9-10-28(14)21-12-20(24-13-25-21)26-16-4-6-17(7-5-16)27-32(29,30)19-11-15(22)3-8-18(19)31-2/h3-13,27H,1-2H3,(H,24,25,26). The summed E-state index contributed by atoms with van der Waals surface area (Å²) >= 11 is 0. The molecule has 0 unspecified atom stereocenters. The first-order valence-corrected chi connectivity index (χ1v) is 10.9. The number of rotatable bonds is 7. The van der Waals surface area contributed by atoms with Crippen molar-refractivity contribution in [1.29, 1.82) is 0 Å². The quantitative estimate of drug-likeness (QED) is 0.438. The maximum absolute atomic E-state index is 13.6. The van der Waals surface area contributed by atoms with Gasteiger partial charge in [-0.15, -0.1) is 0 Å². The normalized spacial score (nSPS) is 11.2. The van der Waals surface area contributed by atoms with E-state index >= 15 is 0 Å². The number of ether oxygens (including phenoxy) is 1. The van der Waals surface area contributed by atoms with Gasteiger partial charge in [-0.05, 0) is 49.4 Å². The molecule has 2 aromatic heterocycles. The van der Waals surface area contributed by atoms with Crippen molar-refractivity contribution in [3.8, 4) is 11.6 Å². The van der Waals surface area contributed by atoms with Crippen LogP contribution in [-0.4, -0.2) is 35.0 Å². The Hall–Kier alpha value is -3.99. The van der Waals surface area contributed by atoms with Crippen LogP contribution in [0.4, 0.5) is 21.6 Å². The van der Waals surface area contributed by atoms with Crippen LogP contribution < -0.4 is 14.8 Å². The van der Waals surface area contributed by atoms with Crippen molar-refractivity contribution in [3.63, 3.8) is 0 Å². The molecule has 0 atom stereocenters. The molecule has 2 N–H and O–H groups in total. The number of anilines is 3. The summed E-state index contributed by atoms with van der Waals surface area (Å²) in [6, 6.07) is 11.6. The zero-order chi connectivity index (χ0) is 22.7. The van der Waals surface area contributed by atoms with Gasteiger partial charge in [0.1, 0.15) is 40.2 Å². The van der Waals surface area contributed by atoms with Gasteiger partial charge in [0, 0.05) is 29.8 Å². The van der Waals surface area contributed by atoms with Gasteiger partial charge in [-0.2, -0.15) is 0 Å². The van der Waals surface area contributed by atoms with Crippen molar-refractivity contribution in [1.82, 2.24) is 19.5 Å². The molecular weight excluding hydrogens is 435 g/mol. The number of halogens is 1. The zero-order valence-electron chi connectivity index (χ0n) is 17.2. The Balaban J connectivity index is 1.51. The number of aromatic nitrogens is 4. The Morgan fingerprint density at radius 3 is 2.44 bits per heavy atom. The second-order valence-corrected chi connectivity index (χ2v) is 8.36. The lowest BCUT2D eigenvalue weighted by molar-refractivity contribution is 0.401. The average molecular weight is 454 g/mol. The number of nitrogens with zero attached hydrogens (tertiary/aromatic N) is 4. The van der Waals surface area contributed by atoms with E-state index < -0.39 is 15.8 Å². The first-order chi connectivity index (χ1) is 15.4. The van der Waals surface area contributed by atoms with E-state index in [2.05, 4.69) is 25.0 Å². The second-order valence-electron chi connectivity index (χ2n) is 6.71. The Kier molecular flexibility index (Phi) is 5.73. The lowest BCUT2D eigenvalue weighted by Gasteiger charge is -2.12. The predicted octanol–water partition coefficient (Wildman–Crippen LogP) is 3.66. The van der Waals surface area contributed by atoms with E-state index in [1.54, 1.807) is 42.7 Å². The number of hydrogen-bond donors (Lipinski definition) is 2. The molecule has 0 aliphatic rings. The van der Waals surface area contributed by atoms with Gasteiger partial charge in [0.2, 0.25) is 0 Å². The molecule has 164 valence electrons. The Morgan fingerprint density at radius 2 is 1.75 bits per heavy atom. The number of hydrogen-bond acceptors (Lipinski definition) is 7.